The van der Waals surface area contributed by atoms with Crippen LogP contribution in [0.2, 0.25) is 5.02 Å². The van der Waals surface area contributed by atoms with E-state index in [1.165, 1.54) is 12.3 Å². The number of hydrogen-bond donors (Lipinski definition) is 0. The first kappa shape index (κ1) is 10.1. The molecule has 0 atom stereocenters. The molecule has 0 aliphatic rings. The molecule has 1 aromatic carbocycles. The Balaban J connectivity index is 2.29. The molecule has 2 aromatic rings. The van der Waals surface area contributed by atoms with E-state index in [-0.39, 0.29) is 10.7 Å². The second-order valence-electron chi connectivity index (χ2n) is 3.05. The smallest absolute Gasteiger partial charge is 0.163 e. The molecular weight excluding hydrogens is 213 g/mol. The molecule has 0 unspecified atom stereocenters. The van der Waals surface area contributed by atoms with Crippen molar-refractivity contribution in [2.75, 3.05) is 0 Å². The molecule has 0 spiro atoms. The summed E-state index contributed by atoms with van der Waals surface area (Å²) in [6.07, 6.45) is 3.14. The van der Waals surface area contributed by atoms with Crippen LogP contribution >= 0.6 is 11.6 Å². The van der Waals surface area contributed by atoms with Crippen LogP contribution in [-0.4, -0.2) is 4.98 Å². The third-order valence-corrected chi connectivity index (χ3v) is 2.26. The first-order valence-electron chi connectivity index (χ1n) is 4.47. The van der Waals surface area contributed by atoms with Gasteiger partial charge in [0.05, 0.1) is 10.7 Å². The number of benzene rings is 1. The maximum atomic E-state index is 13.5. The standard InChI is InChI=1S/C12H8ClFN/c13-10-6-7-15-11(12(10)14)8-9-4-2-1-3-5-9/h1-8H. The molecule has 0 fully saturated rings. The van der Waals surface area contributed by atoms with Gasteiger partial charge in [-0.1, -0.05) is 41.9 Å². The number of rotatable bonds is 2. The van der Waals surface area contributed by atoms with Gasteiger partial charge in [-0.25, -0.2) is 4.39 Å². The van der Waals surface area contributed by atoms with Gasteiger partial charge in [-0.15, -0.1) is 0 Å². The summed E-state index contributed by atoms with van der Waals surface area (Å²) < 4.78 is 13.5. The van der Waals surface area contributed by atoms with Gasteiger partial charge in [0, 0.05) is 12.6 Å². The Bertz CT molecular complexity index is 456. The van der Waals surface area contributed by atoms with E-state index in [2.05, 4.69) is 4.98 Å². The second-order valence-corrected chi connectivity index (χ2v) is 3.45. The van der Waals surface area contributed by atoms with E-state index in [1.807, 2.05) is 30.3 Å². The van der Waals surface area contributed by atoms with Crippen LogP contribution in [-0.2, 0) is 0 Å². The highest BCUT2D eigenvalue weighted by Gasteiger charge is 2.08. The lowest BCUT2D eigenvalue weighted by Crippen LogP contribution is -1.94. The predicted molar refractivity (Wildman–Crippen MR) is 58.2 cm³/mol. The average molecular weight is 221 g/mol. The molecule has 0 saturated carbocycles. The molecule has 3 heteroatoms. The number of nitrogens with zero attached hydrogens (tertiary/aromatic N) is 1. The molecule has 75 valence electrons. The van der Waals surface area contributed by atoms with Gasteiger partial charge in [0.15, 0.2) is 5.82 Å². The van der Waals surface area contributed by atoms with Gasteiger partial charge < -0.3 is 0 Å². The molecule has 1 aromatic heterocycles. The molecule has 1 radical (unpaired) electrons. The summed E-state index contributed by atoms with van der Waals surface area (Å²) in [6, 6.07) is 10.9. The molecule has 0 N–H and O–H groups in total. The van der Waals surface area contributed by atoms with Crippen molar-refractivity contribution in [3.63, 3.8) is 0 Å². The Labute approximate surface area is 92.5 Å². The second kappa shape index (κ2) is 4.41. The van der Waals surface area contributed by atoms with Crippen molar-refractivity contribution in [2.45, 2.75) is 0 Å². The average Bonchev–Trinajstić information content (AvgIpc) is 2.26. The number of aromatic nitrogens is 1. The van der Waals surface area contributed by atoms with Crippen molar-refractivity contribution in [2.24, 2.45) is 0 Å². The molecule has 15 heavy (non-hydrogen) atoms. The Morgan fingerprint density at radius 1 is 1.13 bits per heavy atom. The lowest BCUT2D eigenvalue weighted by atomic mass is 10.1. The monoisotopic (exact) mass is 220 g/mol. The molecular formula is C12H8ClFN. The van der Waals surface area contributed by atoms with E-state index in [1.54, 1.807) is 6.42 Å². The summed E-state index contributed by atoms with van der Waals surface area (Å²) >= 11 is 5.65. The Hall–Kier alpha value is -1.41. The summed E-state index contributed by atoms with van der Waals surface area (Å²) in [7, 11) is 0. The summed E-state index contributed by atoms with van der Waals surface area (Å²) in [5, 5.41) is 0.0900. The largest absolute Gasteiger partial charge is 0.257 e. The summed E-state index contributed by atoms with van der Waals surface area (Å²) in [6.45, 7) is 0. The van der Waals surface area contributed by atoms with Gasteiger partial charge in [-0.3, -0.25) is 4.98 Å². The van der Waals surface area contributed by atoms with Gasteiger partial charge >= 0.3 is 0 Å². The highest BCUT2D eigenvalue weighted by atomic mass is 35.5. The minimum Gasteiger partial charge on any atom is -0.257 e. The fraction of sp³-hybridized carbons (Fsp3) is 0. The Morgan fingerprint density at radius 3 is 2.60 bits per heavy atom. The highest BCUT2D eigenvalue weighted by Crippen LogP contribution is 2.19. The normalized spacial score (nSPS) is 10.3. The van der Waals surface area contributed by atoms with Crippen molar-refractivity contribution in [1.82, 2.24) is 4.98 Å². The van der Waals surface area contributed by atoms with Crippen LogP contribution in [0.3, 0.4) is 0 Å². The van der Waals surface area contributed by atoms with Crippen molar-refractivity contribution in [3.8, 4) is 0 Å². The number of halogens is 2. The summed E-state index contributed by atoms with van der Waals surface area (Å²) in [4.78, 5) is 3.92. The molecule has 0 aliphatic heterocycles. The summed E-state index contributed by atoms with van der Waals surface area (Å²) in [5.74, 6) is -0.483. The Morgan fingerprint density at radius 2 is 1.87 bits per heavy atom. The zero-order chi connectivity index (χ0) is 10.7. The first-order chi connectivity index (χ1) is 7.27. The van der Waals surface area contributed by atoms with Gasteiger partial charge in [0.25, 0.3) is 0 Å². The molecule has 0 saturated heterocycles. The van der Waals surface area contributed by atoms with Gasteiger partial charge in [-0.2, -0.15) is 0 Å². The predicted octanol–water partition coefficient (Wildman–Crippen LogP) is 3.47. The van der Waals surface area contributed by atoms with E-state index < -0.39 is 5.82 Å². The van der Waals surface area contributed by atoms with E-state index in [0.717, 1.165) is 5.56 Å². The van der Waals surface area contributed by atoms with E-state index in [4.69, 9.17) is 11.6 Å². The Kier molecular flexibility index (Phi) is 2.97. The van der Waals surface area contributed by atoms with Crippen molar-refractivity contribution in [3.05, 3.63) is 71.1 Å². The maximum Gasteiger partial charge on any atom is 0.163 e. The van der Waals surface area contributed by atoms with Crippen molar-refractivity contribution in [1.29, 1.82) is 0 Å². The molecule has 1 nitrogen and oxygen atoms in total. The first-order valence-corrected chi connectivity index (χ1v) is 4.85. The van der Waals surface area contributed by atoms with E-state index in [0.29, 0.717) is 0 Å². The minimum atomic E-state index is -0.483. The van der Waals surface area contributed by atoms with Crippen LogP contribution in [0.15, 0.2) is 42.6 Å². The maximum absolute atomic E-state index is 13.5. The summed E-state index contributed by atoms with van der Waals surface area (Å²) in [5.41, 5.74) is 1.15. The highest BCUT2D eigenvalue weighted by molar-refractivity contribution is 6.30. The van der Waals surface area contributed by atoms with Crippen LogP contribution in [0.4, 0.5) is 4.39 Å². The zero-order valence-electron chi connectivity index (χ0n) is 7.82. The fourth-order valence-electron chi connectivity index (χ4n) is 1.24. The van der Waals surface area contributed by atoms with Gasteiger partial charge in [0.1, 0.15) is 0 Å². The number of pyridine rings is 1. The molecule has 0 aliphatic carbocycles. The lowest BCUT2D eigenvalue weighted by Gasteiger charge is -2.02. The van der Waals surface area contributed by atoms with Gasteiger partial charge in [0.2, 0.25) is 0 Å². The van der Waals surface area contributed by atoms with E-state index >= 15 is 0 Å². The van der Waals surface area contributed by atoms with Crippen LogP contribution in [0.5, 0.6) is 0 Å². The third-order valence-electron chi connectivity index (χ3n) is 1.97. The zero-order valence-corrected chi connectivity index (χ0v) is 8.58. The minimum absolute atomic E-state index is 0.0900. The van der Waals surface area contributed by atoms with Crippen LogP contribution in [0.25, 0.3) is 0 Å². The van der Waals surface area contributed by atoms with E-state index in [9.17, 15) is 4.39 Å². The van der Waals surface area contributed by atoms with Crippen LogP contribution < -0.4 is 0 Å². The van der Waals surface area contributed by atoms with Gasteiger partial charge in [-0.05, 0) is 11.6 Å². The topological polar surface area (TPSA) is 12.9 Å². The molecule has 0 bridgehead atoms. The van der Waals surface area contributed by atoms with Crippen LogP contribution in [0, 0.1) is 12.2 Å². The fourth-order valence-corrected chi connectivity index (χ4v) is 1.40. The molecule has 2 rings (SSSR count). The number of hydrogen-bond acceptors (Lipinski definition) is 1. The molecule has 1 heterocycles. The SMILES string of the molecule is Fc1c(Cl)ccnc1[CH]c1ccccc1. The molecule has 0 amide bonds. The quantitative estimate of drug-likeness (QED) is 0.755. The lowest BCUT2D eigenvalue weighted by molar-refractivity contribution is 0.613. The van der Waals surface area contributed by atoms with Crippen molar-refractivity contribution < 1.29 is 4.39 Å². The van der Waals surface area contributed by atoms with Crippen molar-refractivity contribution >= 4 is 11.6 Å². The third kappa shape index (κ3) is 2.34. The van der Waals surface area contributed by atoms with Crippen LogP contribution in [0.1, 0.15) is 11.3 Å².